The van der Waals surface area contributed by atoms with Gasteiger partial charge in [-0.3, -0.25) is 0 Å². The van der Waals surface area contributed by atoms with E-state index in [1.54, 1.807) is 42.5 Å². The number of nitrogens with zero attached hydrogens (tertiary/aromatic N) is 2. The molecule has 6 nitrogen and oxygen atoms in total. The van der Waals surface area contributed by atoms with Gasteiger partial charge in [-0.2, -0.15) is 10.5 Å². The second-order valence-electron chi connectivity index (χ2n) is 5.26. The first kappa shape index (κ1) is 19.8. The number of halogens is 1. The molecule has 0 spiro atoms. The van der Waals surface area contributed by atoms with Gasteiger partial charge in [-0.05, 0) is 41.5 Å². The van der Waals surface area contributed by atoms with E-state index >= 15 is 0 Å². The lowest BCUT2D eigenvalue weighted by atomic mass is 10.0. The number of ether oxygens (including phenoxy) is 3. The van der Waals surface area contributed by atoms with Gasteiger partial charge in [0.05, 0.1) is 42.5 Å². The number of benzene rings is 2. The largest absolute Gasteiger partial charge is 0.493 e. The molecule has 0 unspecified atom stereocenters. The van der Waals surface area contributed by atoms with Crippen LogP contribution in [0.25, 0.3) is 11.6 Å². The van der Waals surface area contributed by atoms with Crippen molar-refractivity contribution in [2.75, 3.05) is 20.8 Å². The third kappa shape index (κ3) is 5.01. The highest BCUT2D eigenvalue weighted by molar-refractivity contribution is 6.32. The molecule has 0 saturated heterocycles. The van der Waals surface area contributed by atoms with Gasteiger partial charge in [0, 0.05) is 0 Å². The molecule has 7 heteroatoms. The SMILES string of the molecule is COC(=O)COc1c(Cl)cc(/C=C(/C#N)c2ccc(C#N)cc2)cc1OC. The van der Waals surface area contributed by atoms with Gasteiger partial charge in [-0.25, -0.2) is 4.79 Å². The summed E-state index contributed by atoms with van der Waals surface area (Å²) >= 11 is 6.25. The van der Waals surface area contributed by atoms with Gasteiger partial charge in [-0.15, -0.1) is 0 Å². The van der Waals surface area contributed by atoms with Crippen LogP contribution in [0.3, 0.4) is 0 Å². The van der Waals surface area contributed by atoms with E-state index in [1.165, 1.54) is 14.2 Å². The average molecular weight is 383 g/mol. The summed E-state index contributed by atoms with van der Waals surface area (Å²) in [4.78, 5) is 11.3. The second kappa shape index (κ2) is 9.28. The number of hydrogen-bond donors (Lipinski definition) is 0. The van der Waals surface area contributed by atoms with Crippen LogP contribution in [0.5, 0.6) is 11.5 Å². The molecule has 0 bridgehead atoms. The fourth-order valence-corrected chi connectivity index (χ4v) is 2.50. The fourth-order valence-electron chi connectivity index (χ4n) is 2.22. The van der Waals surface area contributed by atoms with Crippen molar-refractivity contribution in [3.05, 3.63) is 58.1 Å². The van der Waals surface area contributed by atoms with Crippen molar-refractivity contribution in [1.82, 2.24) is 0 Å². The zero-order valence-corrected chi connectivity index (χ0v) is 15.4. The minimum atomic E-state index is -0.551. The minimum absolute atomic E-state index is 0.207. The highest BCUT2D eigenvalue weighted by Crippen LogP contribution is 2.37. The molecule has 0 aliphatic carbocycles. The topological polar surface area (TPSA) is 92.3 Å². The van der Waals surface area contributed by atoms with E-state index in [0.29, 0.717) is 28.0 Å². The zero-order valence-electron chi connectivity index (χ0n) is 14.7. The van der Waals surface area contributed by atoms with Gasteiger partial charge in [0.15, 0.2) is 18.1 Å². The Morgan fingerprint density at radius 2 is 1.89 bits per heavy atom. The Bertz CT molecular complexity index is 954. The molecule has 27 heavy (non-hydrogen) atoms. The number of allylic oxidation sites excluding steroid dienone is 1. The van der Waals surface area contributed by atoms with Crippen molar-refractivity contribution < 1.29 is 19.0 Å². The van der Waals surface area contributed by atoms with Gasteiger partial charge in [0.2, 0.25) is 0 Å². The molecule has 0 saturated carbocycles. The van der Waals surface area contributed by atoms with E-state index in [0.717, 1.165) is 0 Å². The summed E-state index contributed by atoms with van der Waals surface area (Å²) in [5, 5.41) is 18.6. The van der Waals surface area contributed by atoms with E-state index in [-0.39, 0.29) is 17.4 Å². The Balaban J connectivity index is 2.38. The number of nitriles is 2. The lowest BCUT2D eigenvalue weighted by Crippen LogP contribution is -2.13. The van der Waals surface area contributed by atoms with Crippen molar-refractivity contribution in [2.24, 2.45) is 0 Å². The van der Waals surface area contributed by atoms with Crippen LogP contribution in [-0.4, -0.2) is 26.8 Å². The summed E-state index contributed by atoms with van der Waals surface area (Å²) in [6.07, 6.45) is 1.64. The highest BCUT2D eigenvalue weighted by Gasteiger charge is 2.14. The summed E-state index contributed by atoms with van der Waals surface area (Å²) in [5.41, 5.74) is 2.18. The van der Waals surface area contributed by atoms with Crippen molar-refractivity contribution in [3.63, 3.8) is 0 Å². The van der Waals surface area contributed by atoms with Gasteiger partial charge >= 0.3 is 5.97 Å². The van der Waals surface area contributed by atoms with E-state index < -0.39 is 5.97 Å². The number of esters is 1. The Morgan fingerprint density at radius 3 is 2.44 bits per heavy atom. The van der Waals surface area contributed by atoms with E-state index in [1.807, 2.05) is 6.07 Å². The monoisotopic (exact) mass is 382 g/mol. The highest BCUT2D eigenvalue weighted by atomic mass is 35.5. The summed E-state index contributed by atoms with van der Waals surface area (Å²) in [5.74, 6) is -0.0296. The molecule has 2 rings (SSSR count). The van der Waals surface area contributed by atoms with Crippen molar-refractivity contribution in [2.45, 2.75) is 0 Å². The molecule has 0 aromatic heterocycles. The molecular weight excluding hydrogens is 368 g/mol. The van der Waals surface area contributed by atoms with Crippen LogP contribution in [0.1, 0.15) is 16.7 Å². The van der Waals surface area contributed by atoms with Crippen molar-refractivity contribution in [1.29, 1.82) is 10.5 Å². The molecule has 0 N–H and O–H groups in total. The van der Waals surface area contributed by atoms with Gasteiger partial charge < -0.3 is 14.2 Å². The van der Waals surface area contributed by atoms with Crippen LogP contribution in [0.2, 0.25) is 5.02 Å². The Kier molecular flexibility index (Phi) is 6.82. The first-order valence-electron chi connectivity index (χ1n) is 7.71. The number of rotatable bonds is 6. The zero-order chi connectivity index (χ0) is 19.8. The molecule has 136 valence electrons. The quantitative estimate of drug-likeness (QED) is 0.428. The normalized spacial score (nSPS) is 10.5. The molecule has 0 radical (unpaired) electrons. The van der Waals surface area contributed by atoms with Gasteiger partial charge in [0.25, 0.3) is 0 Å². The number of methoxy groups -OCH3 is 2. The molecule has 0 aliphatic rings. The molecule has 0 heterocycles. The third-order valence-corrected chi connectivity index (χ3v) is 3.85. The number of carbonyl (C=O) groups excluding carboxylic acids is 1. The summed E-state index contributed by atoms with van der Waals surface area (Å²) in [6.45, 7) is -0.309. The maximum atomic E-state index is 11.3. The molecule has 0 fully saturated rings. The van der Waals surface area contributed by atoms with Crippen LogP contribution in [0, 0.1) is 22.7 Å². The second-order valence-corrected chi connectivity index (χ2v) is 5.67. The summed E-state index contributed by atoms with van der Waals surface area (Å²) in [7, 11) is 2.70. The maximum absolute atomic E-state index is 11.3. The van der Waals surface area contributed by atoms with Crippen LogP contribution >= 0.6 is 11.6 Å². The molecular formula is C20H15ClN2O4. The van der Waals surface area contributed by atoms with Crippen molar-refractivity contribution >= 4 is 29.2 Å². The average Bonchev–Trinajstić information content (AvgIpc) is 2.70. The van der Waals surface area contributed by atoms with Crippen LogP contribution in [-0.2, 0) is 9.53 Å². The van der Waals surface area contributed by atoms with E-state index in [9.17, 15) is 10.1 Å². The molecule has 2 aromatic rings. The fraction of sp³-hybridized carbons (Fsp3) is 0.150. The van der Waals surface area contributed by atoms with Crippen LogP contribution < -0.4 is 9.47 Å². The first-order chi connectivity index (χ1) is 13.0. The van der Waals surface area contributed by atoms with E-state index in [4.69, 9.17) is 26.3 Å². The van der Waals surface area contributed by atoms with E-state index in [2.05, 4.69) is 10.8 Å². The predicted octanol–water partition coefficient (Wildman–Crippen LogP) is 3.84. The number of carbonyl (C=O) groups is 1. The third-order valence-electron chi connectivity index (χ3n) is 3.57. The Morgan fingerprint density at radius 1 is 1.19 bits per heavy atom. The minimum Gasteiger partial charge on any atom is -0.493 e. The van der Waals surface area contributed by atoms with Crippen LogP contribution in [0.4, 0.5) is 0 Å². The van der Waals surface area contributed by atoms with Gasteiger partial charge in [-0.1, -0.05) is 23.7 Å². The first-order valence-corrected chi connectivity index (χ1v) is 8.09. The number of hydrogen-bond acceptors (Lipinski definition) is 6. The molecule has 0 amide bonds. The van der Waals surface area contributed by atoms with Crippen LogP contribution in [0.15, 0.2) is 36.4 Å². The lowest BCUT2D eigenvalue weighted by molar-refractivity contribution is -0.142. The standard InChI is InChI=1S/C20H15ClN2O4/c1-25-18-9-14(8-17(21)20(18)27-12-19(24)26-2)7-16(11-23)15-5-3-13(10-22)4-6-15/h3-9H,12H2,1-2H3/b16-7-. The maximum Gasteiger partial charge on any atom is 0.343 e. The summed E-state index contributed by atoms with van der Waals surface area (Å²) < 4.78 is 15.2. The smallest absolute Gasteiger partial charge is 0.343 e. The lowest BCUT2D eigenvalue weighted by Gasteiger charge is -2.12. The molecule has 0 aliphatic heterocycles. The van der Waals surface area contributed by atoms with Gasteiger partial charge in [0.1, 0.15) is 0 Å². The Labute approximate surface area is 161 Å². The molecule has 2 aromatic carbocycles. The summed E-state index contributed by atoms with van der Waals surface area (Å²) in [6, 6.07) is 14.1. The molecule has 0 atom stereocenters. The Hall–Kier alpha value is -3.48. The predicted molar refractivity (Wildman–Crippen MR) is 100 cm³/mol. The van der Waals surface area contributed by atoms with Crippen molar-refractivity contribution in [3.8, 4) is 23.6 Å².